The number of para-hydroxylation sites is 1. The third-order valence-electron chi connectivity index (χ3n) is 4.39. The molecule has 32 heavy (non-hydrogen) atoms. The molecule has 0 saturated carbocycles. The van der Waals surface area contributed by atoms with Gasteiger partial charge in [-0.25, -0.2) is 13.2 Å². The normalized spacial score (nSPS) is 10.8. The fourth-order valence-electron chi connectivity index (χ4n) is 2.66. The zero-order valence-electron chi connectivity index (χ0n) is 17.9. The zero-order valence-corrected chi connectivity index (χ0v) is 18.8. The fourth-order valence-corrected chi connectivity index (χ4v) is 3.85. The van der Waals surface area contributed by atoms with Gasteiger partial charge in [-0.05, 0) is 49.7 Å². The predicted octanol–water partition coefficient (Wildman–Crippen LogP) is 2.13. The molecule has 2 aromatic rings. The van der Waals surface area contributed by atoms with Crippen LogP contribution in [-0.4, -0.2) is 53.1 Å². The maximum Gasteiger partial charge on any atom is 0.338 e. The number of ether oxygens (including phenoxy) is 2. The van der Waals surface area contributed by atoms with Crippen LogP contribution < -0.4 is 9.62 Å². The molecule has 0 bridgehead atoms. The van der Waals surface area contributed by atoms with Gasteiger partial charge in [-0.3, -0.25) is 13.9 Å². The van der Waals surface area contributed by atoms with Crippen molar-refractivity contribution in [3.05, 3.63) is 60.2 Å². The molecule has 0 aliphatic heterocycles. The van der Waals surface area contributed by atoms with E-state index in [4.69, 9.17) is 9.47 Å². The molecule has 0 radical (unpaired) electrons. The number of rotatable bonds is 11. The van der Waals surface area contributed by atoms with Gasteiger partial charge in [-0.15, -0.1) is 0 Å². The van der Waals surface area contributed by atoms with Crippen LogP contribution in [0.25, 0.3) is 0 Å². The Morgan fingerprint density at radius 3 is 2.25 bits per heavy atom. The highest BCUT2D eigenvalue weighted by Gasteiger charge is 2.21. The van der Waals surface area contributed by atoms with Gasteiger partial charge in [0.1, 0.15) is 0 Å². The lowest BCUT2D eigenvalue weighted by Crippen LogP contribution is -2.30. The molecule has 2 aromatic carbocycles. The molecule has 9 nitrogen and oxygen atoms in total. The first-order chi connectivity index (χ1) is 15.3. The molecule has 0 atom stereocenters. The van der Waals surface area contributed by atoms with E-state index in [1.54, 1.807) is 37.3 Å². The average molecular weight is 463 g/mol. The molecule has 0 spiro atoms. The minimum Gasteiger partial charge on any atom is -0.466 e. The first-order valence-electron chi connectivity index (χ1n) is 9.99. The average Bonchev–Trinajstić information content (AvgIpc) is 2.80. The Labute approximate surface area is 187 Å². The van der Waals surface area contributed by atoms with E-state index >= 15 is 0 Å². The maximum absolute atomic E-state index is 12.8. The van der Waals surface area contributed by atoms with Crippen molar-refractivity contribution in [1.82, 2.24) is 5.32 Å². The van der Waals surface area contributed by atoms with Crippen LogP contribution in [0.3, 0.4) is 0 Å². The number of nitrogens with zero attached hydrogens (tertiary/aromatic N) is 1. The predicted molar refractivity (Wildman–Crippen MR) is 118 cm³/mol. The lowest BCUT2D eigenvalue weighted by atomic mass is 10.2. The molecule has 10 heteroatoms. The van der Waals surface area contributed by atoms with Crippen LogP contribution >= 0.6 is 0 Å². The fraction of sp³-hybridized carbons (Fsp3) is 0.318. The van der Waals surface area contributed by atoms with Crippen LogP contribution in [0.2, 0.25) is 0 Å². The van der Waals surface area contributed by atoms with E-state index in [1.807, 2.05) is 0 Å². The molecule has 0 unspecified atom stereocenters. The zero-order chi connectivity index (χ0) is 23.6. The van der Waals surface area contributed by atoms with Crippen molar-refractivity contribution in [2.24, 2.45) is 0 Å². The maximum atomic E-state index is 12.8. The molecule has 172 valence electrons. The van der Waals surface area contributed by atoms with Crippen molar-refractivity contribution in [1.29, 1.82) is 0 Å². The second kappa shape index (κ2) is 11.8. The number of esters is 2. The Hall–Kier alpha value is -3.40. The standard InChI is InChI=1S/C22H26N2O7S/c1-3-30-21(26)10-7-15-23-20(25)16-31-22(27)17-11-13-19(14-12-17)32(28,29)24(2)18-8-5-4-6-9-18/h4-6,8-9,11-14H,3,7,10,15-16H2,1-2H3,(H,23,25). The smallest absolute Gasteiger partial charge is 0.338 e. The number of amides is 1. The minimum absolute atomic E-state index is 0.0137. The Kier molecular flexibility index (Phi) is 9.21. The summed E-state index contributed by atoms with van der Waals surface area (Å²) in [6, 6.07) is 13.9. The molecular formula is C22H26N2O7S. The first kappa shape index (κ1) is 24.9. The number of carbonyl (C=O) groups excluding carboxylic acids is 3. The molecule has 1 amide bonds. The summed E-state index contributed by atoms with van der Waals surface area (Å²) in [5.74, 6) is -1.61. The van der Waals surface area contributed by atoms with Crippen LogP contribution in [0.5, 0.6) is 0 Å². The summed E-state index contributed by atoms with van der Waals surface area (Å²) in [5.41, 5.74) is 0.616. The molecule has 1 N–H and O–H groups in total. The molecule has 0 aliphatic carbocycles. The van der Waals surface area contributed by atoms with Crippen LogP contribution in [0.4, 0.5) is 5.69 Å². The van der Waals surface area contributed by atoms with Crippen LogP contribution in [0.15, 0.2) is 59.5 Å². The number of benzene rings is 2. The first-order valence-corrected chi connectivity index (χ1v) is 11.4. The molecule has 0 aliphatic rings. The Morgan fingerprint density at radius 2 is 1.62 bits per heavy atom. The minimum atomic E-state index is -3.80. The highest BCUT2D eigenvalue weighted by molar-refractivity contribution is 7.92. The Balaban J connectivity index is 1.85. The van der Waals surface area contributed by atoms with Crippen LogP contribution in [-0.2, 0) is 29.1 Å². The van der Waals surface area contributed by atoms with Crippen LogP contribution in [0, 0.1) is 0 Å². The summed E-state index contributed by atoms with van der Waals surface area (Å²) in [6.07, 6.45) is 0.592. The number of carbonyl (C=O) groups is 3. The largest absolute Gasteiger partial charge is 0.466 e. The molecular weight excluding hydrogens is 436 g/mol. The molecule has 0 saturated heterocycles. The highest BCUT2D eigenvalue weighted by atomic mass is 32.2. The lowest BCUT2D eigenvalue weighted by molar-refractivity contribution is -0.143. The van der Waals surface area contributed by atoms with Crippen molar-refractivity contribution in [3.63, 3.8) is 0 Å². The summed E-state index contributed by atoms with van der Waals surface area (Å²) in [6.45, 7) is 1.77. The van der Waals surface area contributed by atoms with Crippen LogP contribution in [0.1, 0.15) is 30.1 Å². The van der Waals surface area contributed by atoms with Gasteiger partial charge in [0.15, 0.2) is 6.61 Å². The third-order valence-corrected chi connectivity index (χ3v) is 6.19. The molecule has 0 heterocycles. The van der Waals surface area contributed by atoms with Gasteiger partial charge in [-0.2, -0.15) is 0 Å². The number of sulfonamides is 1. The van der Waals surface area contributed by atoms with Gasteiger partial charge in [0.05, 0.1) is 22.8 Å². The summed E-state index contributed by atoms with van der Waals surface area (Å²) >= 11 is 0. The lowest BCUT2D eigenvalue weighted by Gasteiger charge is -2.19. The molecule has 0 aromatic heterocycles. The molecule has 2 rings (SSSR count). The number of anilines is 1. The monoisotopic (exact) mass is 462 g/mol. The SMILES string of the molecule is CCOC(=O)CCCNC(=O)COC(=O)c1ccc(S(=O)(=O)N(C)c2ccccc2)cc1. The Bertz CT molecular complexity index is 1020. The summed E-state index contributed by atoms with van der Waals surface area (Å²) in [5, 5.41) is 2.54. The van der Waals surface area contributed by atoms with E-state index in [2.05, 4.69) is 5.32 Å². The summed E-state index contributed by atoms with van der Waals surface area (Å²) < 4.78 is 36.4. The van der Waals surface area contributed by atoms with Gasteiger partial charge in [0.2, 0.25) is 0 Å². The van der Waals surface area contributed by atoms with E-state index in [-0.39, 0.29) is 29.4 Å². The second-order valence-electron chi connectivity index (χ2n) is 6.67. The van der Waals surface area contributed by atoms with Crippen molar-refractivity contribution < 1.29 is 32.3 Å². The van der Waals surface area contributed by atoms with E-state index in [9.17, 15) is 22.8 Å². The van der Waals surface area contributed by atoms with Crippen molar-refractivity contribution in [3.8, 4) is 0 Å². The number of hydrogen-bond acceptors (Lipinski definition) is 7. The van der Waals surface area contributed by atoms with Crippen molar-refractivity contribution in [2.45, 2.75) is 24.7 Å². The van der Waals surface area contributed by atoms with E-state index < -0.39 is 28.5 Å². The third kappa shape index (κ3) is 7.09. The Morgan fingerprint density at radius 1 is 0.969 bits per heavy atom. The number of nitrogens with one attached hydrogen (secondary N) is 1. The van der Waals surface area contributed by atoms with Crippen molar-refractivity contribution in [2.75, 3.05) is 31.1 Å². The van der Waals surface area contributed by atoms with Gasteiger partial charge >= 0.3 is 11.9 Å². The highest BCUT2D eigenvalue weighted by Crippen LogP contribution is 2.22. The summed E-state index contributed by atoms with van der Waals surface area (Å²) in [4.78, 5) is 35.1. The van der Waals surface area contributed by atoms with Gasteiger partial charge in [0, 0.05) is 20.0 Å². The van der Waals surface area contributed by atoms with Gasteiger partial charge in [0.25, 0.3) is 15.9 Å². The topological polar surface area (TPSA) is 119 Å². The quantitative estimate of drug-likeness (QED) is 0.401. The van der Waals surface area contributed by atoms with Gasteiger partial charge in [-0.1, -0.05) is 18.2 Å². The van der Waals surface area contributed by atoms with E-state index in [0.717, 1.165) is 4.31 Å². The molecule has 0 fully saturated rings. The van der Waals surface area contributed by atoms with Crippen molar-refractivity contribution >= 4 is 33.6 Å². The van der Waals surface area contributed by atoms with E-state index in [0.29, 0.717) is 18.7 Å². The van der Waals surface area contributed by atoms with E-state index in [1.165, 1.54) is 31.3 Å². The number of hydrogen-bond donors (Lipinski definition) is 1. The van der Waals surface area contributed by atoms with Gasteiger partial charge < -0.3 is 14.8 Å². The summed E-state index contributed by atoms with van der Waals surface area (Å²) in [7, 11) is -2.36. The second-order valence-corrected chi connectivity index (χ2v) is 8.64.